The van der Waals surface area contributed by atoms with E-state index in [1.807, 2.05) is 0 Å². The van der Waals surface area contributed by atoms with Crippen LogP contribution in [0.2, 0.25) is 0 Å². The monoisotopic (exact) mass is 275 g/mol. The lowest BCUT2D eigenvalue weighted by Gasteiger charge is -2.41. The largest absolute Gasteiger partial charge is 0.314 e. The number of piperidine rings is 1. The highest BCUT2D eigenvalue weighted by Gasteiger charge is 2.33. The molecule has 2 heterocycles. The van der Waals surface area contributed by atoms with Crippen LogP contribution in [-0.2, 0) is 14.8 Å². The van der Waals surface area contributed by atoms with Crippen molar-refractivity contribution in [1.29, 1.82) is 0 Å². The highest BCUT2D eigenvalue weighted by molar-refractivity contribution is 7.90. The zero-order chi connectivity index (χ0) is 13.2. The maximum Gasteiger partial charge on any atom is 0.214 e. The van der Waals surface area contributed by atoms with Crippen LogP contribution in [0.15, 0.2) is 0 Å². The van der Waals surface area contributed by atoms with Crippen molar-refractivity contribution in [3.8, 4) is 0 Å². The quantitative estimate of drug-likeness (QED) is 0.668. The van der Waals surface area contributed by atoms with Crippen molar-refractivity contribution in [3.63, 3.8) is 0 Å². The van der Waals surface area contributed by atoms with E-state index in [1.54, 1.807) is 0 Å². The van der Waals surface area contributed by atoms with E-state index in [9.17, 15) is 13.2 Å². The van der Waals surface area contributed by atoms with Crippen LogP contribution in [0.5, 0.6) is 0 Å². The molecule has 2 aliphatic heterocycles. The van der Waals surface area contributed by atoms with Crippen LogP contribution in [0.3, 0.4) is 0 Å². The first-order chi connectivity index (χ1) is 8.49. The van der Waals surface area contributed by atoms with Gasteiger partial charge in [-0.1, -0.05) is 0 Å². The molecular formula is C11H21N3O3S. The Morgan fingerprint density at radius 1 is 1.33 bits per heavy atom. The van der Waals surface area contributed by atoms with Gasteiger partial charge in [-0.2, -0.15) is 0 Å². The van der Waals surface area contributed by atoms with Gasteiger partial charge in [-0.25, -0.2) is 13.1 Å². The predicted octanol–water partition coefficient (Wildman–Crippen LogP) is -1.07. The van der Waals surface area contributed by atoms with Crippen molar-refractivity contribution < 1.29 is 13.2 Å². The molecule has 2 saturated heterocycles. The minimum atomic E-state index is -3.33. The van der Waals surface area contributed by atoms with Crippen LogP contribution >= 0.6 is 0 Å². The number of nitrogens with one attached hydrogen (secondary N) is 2. The number of hydrogen-bond acceptors (Lipinski definition) is 5. The molecule has 0 bridgehead atoms. The fraction of sp³-hybridized carbons (Fsp3) is 0.909. The fourth-order valence-electron chi connectivity index (χ4n) is 2.40. The van der Waals surface area contributed by atoms with Crippen molar-refractivity contribution in [2.45, 2.75) is 31.1 Å². The third-order valence-corrected chi connectivity index (χ3v) is 5.61. The summed E-state index contributed by atoms with van der Waals surface area (Å²) >= 11 is 0. The Bertz CT molecular complexity index is 398. The van der Waals surface area contributed by atoms with Crippen molar-refractivity contribution in [2.24, 2.45) is 0 Å². The van der Waals surface area contributed by atoms with E-state index in [-0.39, 0.29) is 17.6 Å². The molecule has 0 spiro atoms. The molecule has 2 N–H and O–H groups in total. The minimum Gasteiger partial charge on any atom is -0.314 e. The van der Waals surface area contributed by atoms with E-state index >= 15 is 0 Å². The minimum absolute atomic E-state index is 0.0882. The molecule has 2 fully saturated rings. The Balaban J connectivity index is 1.82. The van der Waals surface area contributed by atoms with Crippen LogP contribution in [0.4, 0.5) is 0 Å². The van der Waals surface area contributed by atoms with Crippen LogP contribution in [0.25, 0.3) is 0 Å². The van der Waals surface area contributed by atoms with Crippen LogP contribution in [-0.4, -0.2) is 63.1 Å². The van der Waals surface area contributed by atoms with Crippen LogP contribution < -0.4 is 10.0 Å². The fourth-order valence-corrected chi connectivity index (χ4v) is 3.87. The molecule has 0 aromatic heterocycles. The molecule has 7 heteroatoms. The van der Waals surface area contributed by atoms with Crippen molar-refractivity contribution >= 4 is 15.8 Å². The van der Waals surface area contributed by atoms with Crippen molar-refractivity contribution in [1.82, 2.24) is 14.9 Å². The lowest BCUT2D eigenvalue weighted by atomic mass is 10.0. The second-order valence-corrected chi connectivity index (χ2v) is 7.16. The zero-order valence-corrected chi connectivity index (χ0v) is 11.5. The summed E-state index contributed by atoms with van der Waals surface area (Å²) in [5, 5.41) is 2.88. The normalized spacial score (nSPS) is 23.8. The maximum atomic E-state index is 12.0. The molecule has 2 aliphatic rings. The van der Waals surface area contributed by atoms with Crippen LogP contribution in [0.1, 0.15) is 19.8 Å². The number of Topliss-reactive ketones (excluding diaryl/α,β-unsaturated/α-hetero) is 1. The second kappa shape index (κ2) is 5.64. The Hall–Kier alpha value is -0.500. The third-order valence-electron chi connectivity index (χ3n) is 3.71. The van der Waals surface area contributed by atoms with Gasteiger partial charge in [0.05, 0.1) is 11.8 Å². The number of rotatable bonds is 5. The van der Waals surface area contributed by atoms with Crippen molar-refractivity contribution in [3.05, 3.63) is 0 Å². The highest BCUT2D eigenvalue weighted by Crippen LogP contribution is 2.19. The van der Waals surface area contributed by atoms with E-state index in [0.29, 0.717) is 18.9 Å². The van der Waals surface area contributed by atoms with Crippen molar-refractivity contribution in [2.75, 3.05) is 32.7 Å². The van der Waals surface area contributed by atoms with Gasteiger partial charge in [0, 0.05) is 19.1 Å². The van der Waals surface area contributed by atoms with Gasteiger partial charge in [-0.05, 0) is 32.9 Å². The summed E-state index contributed by atoms with van der Waals surface area (Å²) in [7, 11) is -3.33. The second-order valence-electron chi connectivity index (χ2n) is 5.12. The first-order valence-corrected chi connectivity index (χ1v) is 7.96. The van der Waals surface area contributed by atoms with Gasteiger partial charge >= 0.3 is 0 Å². The van der Waals surface area contributed by atoms with Gasteiger partial charge in [0.1, 0.15) is 5.78 Å². The summed E-state index contributed by atoms with van der Waals surface area (Å²) in [6.45, 7) is 4.99. The molecule has 6 nitrogen and oxygen atoms in total. The van der Waals surface area contributed by atoms with E-state index in [4.69, 9.17) is 0 Å². The first-order valence-electron chi connectivity index (χ1n) is 6.42. The molecule has 104 valence electrons. The number of nitrogens with zero attached hydrogens (tertiary/aromatic N) is 1. The van der Waals surface area contributed by atoms with E-state index in [0.717, 1.165) is 26.2 Å². The average Bonchev–Trinajstić information content (AvgIpc) is 2.25. The smallest absolute Gasteiger partial charge is 0.214 e. The molecule has 2 rings (SSSR count). The van der Waals surface area contributed by atoms with Gasteiger partial charge in [-0.3, -0.25) is 9.69 Å². The maximum absolute atomic E-state index is 12.0. The molecule has 0 aromatic carbocycles. The highest BCUT2D eigenvalue weighted by atomic mass is 32.2. The van der Waals surface area contributed by atoms with E-state index in [2.05, 4.69) is 14.9 Å². The standard InChI is InChI=1S/C11H21N3O3S/c1-9(15)6-13-18(16,17)11-2-4-14(5-3-11)10-7-12-8-10/h10-13H,2-8H2,1H3. The number of likely N-dealkylation sites (tertiary alicyclic amines) is 1. The summed E-state index contributed by atoms with van der Waals surface area (Å²) in [4.78, 5) is 13.2. The molecule has 18 heavy (non-hydrogen) atoms. The molecule has 0 unspecified atom stereocenters. The summed E-state index contributed by atoms with van der Waals surface area (Å²) in [5.41, 5.74) is 0. The summed E-state index contributed by atoms with van der Waals surface area (Å²) in [5.74, 6) is -0.156. The lowest BCUT2D eigenvalue weighted by Crippen LogP contribution is -2.59. The van der Waals surface area contributed by atoms with Gasteiger partial charge in [0.15, 0.2) is 0 Å². The third kappa shape index (κ3) is 3.28. The number of ketones is 1. The Morgan fingerprint density at radius 3 is 2.39 bits per heavy atom. The number of sulfonamides is 1. The Morgan fingerprint density at radius 2 is 1.94 bits per heavy atom. The van der Waals surface area contributed by atoms with Crippen LogP contribution in [0, 0.1) is 0 Å². The molecule has 0 radical (unpaired) electrons. The number of carbonyl (C=O) groups is 1. The Kier molecular flexibility index (Phi) is 4.37. The molecule has 0 saturated carbocycles. The van der Waals surface area contributed by atoms with Gasteiger partial charge in [-0.15, -0.1) is 0 Å². The van der Waals surface area contributed by atoms with Gasteiger partial charge in [0.25, 0.3) is 0 Å². The molecular weight excluding hydrogens is 254 g/mol. The summed E-state index contributed by atoms with van der Waals surface area (Å²) < 4.78 is 26.3. The van der Waals surface area contributed by atoms with Gasteiger partial charge in [0.2, 0.25) is 10.0 Å². The predicted molar refractivity (Wildman–Crippen MR) is 68.9 cm³/mol. The zero-order valence-electron chi connectivity index (χ0n) is 10.7. The molecule has 0 amide bonds. The molecule has 0 aliphatic carbocycles. The Labute approximate surface area is 108 Å². The first kappa shape index (κ1) is 13.9. The molecule has 0 atom stereocenters. The molecule has 0 aromatic rings. The van der Waals surface area contributed by atoms with E-state index in [1.165, 1.54) is 6.92 Å². The van der Waals surface area contributed by atoms with Gasteiger partial charge < -0.3 is 5.32 Å². The lowest BCUT2D eigenvalue weighted by molar-refractivity contribution is -0.115. The summed E-state index contributed by atoms with van der Waals surface area (Å²) in [6, 6.07) is 0.582. The topological polar surface area (TPSA) is 78.5 Å². The van der Waals surface area contributed by atoms with E-state index < -0.39 is 10.0 Å². The number of carbonyl (C=O) groups excluding carboxylic acids is 1. The summed E-state index contributed by atoms with van der Waals surface area (Å²) in [6.07, 6.45) is 1.31. The average molecular weight is 275 g/mol. The SMILES string of the molecule is CC(=O)CNS(=O)(=O)C1CCN(C2CNC2)CC1. The number of hydrogen-bond donors (Lipinski definition) is 2.